The summed E-state index contributed by atoms with van der Waals surface area (Å²) in [6.07, 6.45) is 0. The van der Waals surface area contributed by atoms with E-state index in [9.17, 15) is 15.0 Å². The average molecular weight is 312 g/mol. The summed E-state index contributed by atoms with van der Waals surface area (Å²) < 4.78 is 0. The van der Waals surface area contributed by atoms with E-state index in [-0.39, 0.29) is 27.5 Å². The summed E-state index contributed by atoms with van der Waals surface area (Å²) in [5.41, 5.74) is 1.43. The van der Waals surface area contributed by atoms with E-state index in [1.165, 1.54) is 30.3 Å². The number of halogens is 2. The maximum Gasteiger partial charge on any atom is 0.255 e. The van der Waals surface area contributed by atoms with Gasteiger partial charge in [-0.2, -0.15) is 0 Å². The van der Waals surface area contributed by atoms with Crippen LogP contribution in [0.3, 0.4) is 0 Å². The first-order valence-corrected chi connectivity index (χ1v) is 6.43. The quantitative estimate of drug-likeness (QED) is 0.735. The number of rotatable bonds is 2. The molecule has 0 atom stereocenters. The van der Waals surface area contributed by atoms with E-state index >= 15 is 0 Å². The number of phenolic OH excluding ortho intramolecular Hbond substituents is 2. The first-order valence-electron chi connectivity index (χ1n) is 5.67. The third-order valence-electron chi connectivity index (χ3n) is 2.73. The molecule has 20 heavy (non-hydrogen) atoms. The highest BCUT2D eigenvalue weighted by atomic mass is 35.5. The van der Waals surface area contributed by atoms with Gasteiger partial charge < -0.3 is 15.5 Å². The van der Waals surface area contributed by atoms with Gasteiger partial charge in [0, 0.05) is 11.3 Å². The van der Waals surface area contributed by atoms with Crippen molar-refractivity contribution in [1.82, 2.24) is 0 Å². The molecule has 0 radical (unpaired) electrons. The summed E-state index contributed by atoms with van der Waals surface area (Å²) in [6, 6.07) is 7.24. The Morgan fingerprint density at radius 3 is 2.25 bits per heavy atom. The molecule has 0 heterocycles. The van der Waals surface area contributed by atoms with Crippen molar-refractivity contribution in [3.8, 4) is 11.5 Å². The minimum Gasteiger partial charge on any atom is -0.508 e. The Hall–Kier alpha value is -1.91. The van der Waals surface area contributed by atoms with Gasteiger partial charge in [0.2, 0.25) is 0 Å². The molecular weight excluding hydrogens is 301 g/mol. The second kappa shape index (κ2) is 5.61. The SMILES string of the molecule is Cc1cc(O)ccc1C(=O)Nc1cc(Cl)c(O)c(Cl)c1. The van der Waals surface area contributed by atoms with Crippen LogP contribution in [0.5, 0.6) is 11.5 Å². The van der Waals surface area contributed by atoms with Crippen LogP contribution in [-0.2, 0) is 0 Å². The number of aromatic hydroxyl groups is 2. The molecule has 2 rings (SSSR count). The molecular formula is C14H11Cl2NO3. The summed E-state index contributed by atoms with van der Waals surface area (Å²) in [4.78, 5) is 12.1. The van der Waals surface area contributed by atoms with Gasteiger partial charge in [-0.15, -0.1) is 0 Å². The molecule has 0 saturated heterocycles. The molecule has 0 spiro atoms. The van der Waals surface area contributed by atoms with Gasteiger partial charge >= 0.3 is 0 Å². The highest BCUT2D eigenvalue weighted by molar-refractivity contribution is 6.37. The van der Waals surface area contributed by atoms with Crippen molar-refractivity contribution in [1.29, 1.82) is 0 Å². The highest BCUT2D eigenvalue weighted by Gasteiger charge is 2.12. The van der Waals surface area contributed by atoms with Crippen LogP contribution in [0.2, 0.25) is 10.0 Å². The monoisotopic (exact) mass is 311 g/mol. The first-order chi connectivity index (χ1) is 9.38. The molecule has 0 aliphatic heterocycles. The van der Waals surface area contributed by atoms with Gasteiger partial charge in [0.05, 0.1) is 10.0 Å². The third kappa shape index (κ3) is 2.98. The van der Waals surface area contributed by atoms with Crippen LogP contribution in [0.15, 0.2) is 30.3 Å². The molecule has 0 bridgehead atoms. The number of benzene rings is 2. The standard InChI is InChI=1S/C14H11Cl2NO3/c1-7-4-9(18)2-3-10(7)14(20)17-8-5-11(15)13(19)12(16)6-8/h2-6,18-19H,1H3,(H,17,20). The molecule has 0 aromatic heterocycles. The number of carbonyl (C=O) groups is 1. The zero-order chi connectivity index (χ0) is 14.9. The van der Waals surface area contributed by atoms with Crippen molar-refractivity contribution in [2.45, 2.75) is 6.92 Å². The molecule has 2 aromatic carbocycles. The van der Waals surface area contributed by atoms with Crippen LogP contribution in [0, 0.1) is 6.92 Å². The van der Waals surface area contributed by atoms with Crippen molar-refractivity contribution in [3.63, 3.8) is 0 Å². The number of aryl methyl sites for hydroxylation is 1. The van der Waals surface area contributed by atoms with Gasteiger partial charge in [0.25, 0.3) is 5.91 Å². The van der Waals surface area contributed by atoms with Crippen molar-refractivity contribution in [3.05, 3.63) is 51.5 Å². The smallest absolute Gasteiger partial charge is 0.255 e. The van der Waals surface area contributed by atoms with Crippen molar-refractivity contribution in [2.24, 2.45) is 0 Å². The molecule has 0 aliphatic rings. The Bertz CT molecular complexity index is 663. The number of nitrogens with one attached hydrogen (secondary N) is 1. The Labute approximate surface area is 125 Å². The molecule has 0 saturated carbocycles. The van der Waals surface area contributed by atoms with Crippen LogP contribution < -0.4 is 5.32 Å². The molecule has 4 nitrogen and oxygen atoms in total. The molecule has 1 amide bonds. The summed E-state index contributed by atoms with van der Waals surface area (Å²) in [6.45, 7) is 1.71. The lowest BCUT2D eigenvalue weighted by Gasteiger charge is -2.09. The summed E-state index contributed by atoms with van der Waals surface area (Å²) >= 11 is 11.6. The van der Waals surface area contributed by atoms with Crippen LogP contribution in [-0.4, -0.2) is 16.1 Å². The number of hydrogen-bond donors (Lipinski definition) is 3. The first kappa shape index (κ1) is 14.5. The normalized spacial score (nSPS) is 10.3. The number of carbonyl (C=O) groups excluding carboxylic acids is 1. The van der Waals surface area contributed by atoms with E-state index in [4.69, 9.17) is 23.2 Å². The van der Waals surface area contributed by atoms with Crippen molar-refractivity contribution < 1.29 is 15.0 Å². The van der Waals surface area contributed by atoms with E-state index < -0.39 is 0 Å². The van der Waals surface area contributed by atoms with Crippen LogP contribution in [0.1, 0.15) is 15.9 Å². The van der Waals surface area contributed by atoms with Gasteiger partial charge in [-0.05, 0) is 42.8 Å². The fourth-order valence-corrected chi connectivity index (χ4v) is 2.23. The molecule has 0 aliphatic carbocycles. The van der Waals surface area contributed by atoms with Gasteiger partial charge in [0.1, 0.15) is 5.75 Å². The van der Waals surface area contributed by atoms with Gasteiger partial charge in [0.15, 0.2) is 5.75 Å². The molecule has 3 N–H and O–H groups in total. The Balaban J connectivity index is 2.28. The second-order valence-corrected chi connectivity index (χ2v) is 5.06. The van der Waals surface area contributed by atoms with Gasteiger partial charge in [-0.1, -0.05) is 23.2 Å². The van der Waals surface area contributed by atoms with Crippen LogP contribution in [0.4, 0.5) is 5.69 Å². The fourth-order valence-electron chi connectivity index (χ4n) is 1.74. The molecule has 0 fully saturated rings. The van der Waals surface area contributed by atoms with Crippen LogP contribution >= 0.6 is 23.2 Å². The van der Waals surface area contributed by atoms with Crippen molar-refractivity contribution in [2.75, 3.05) is 5.32 Å². The minimum atomic E-state index is -0.361. The molecule has 2 aromatic rings. The van der Waals surface area contributed by atoms with E-state index in [2.05, 4.69) is 5.32 Å². The number of amides is 1. The van der Waals surface area contributed by atoms with E-state index in [0.717, 1.165) is 0 Å². The average Bonchev–Trinajstić information content (AvgIpc) is 2.35. The van der Waals surface area contributed by atoms with Crippen molar-refractivity contribution >= 4 is 34.8 Å². The number of hydrogen-bond acceptors (Lipinski definition) is 3. The lowest BCUT2D eigenvalue weighted by molar-refractivity contribution is 0.102. The predicted molar refractivity (Wildman–Crippen MR) is 78.9 cm³/mol. The van der Waals surface area contributed by atoms with E-state index in [0.29, 0.717) is 16.8 Å². The Morgan fingerprint density at radius 1 is 1.10 bits per heavy atom. The number of anilines is 1. The lowest BCUT2D eigenvalue weighted by Crippen LogP contribution is -2.13. The third-order valence-corrected chi connectivity index (χ3v) is 3.31. The maximum atomic E-state index is 12.1. The van der Waals surface area contributed by atoms with Gasteiger partial charge in [-0.3, -0.25) is 4.79 Å². The number of phenols is 2. The fraction of sp³-hybridized carbons (Fsp3) is 0.0714. The minimum absolute atomic E-state index is 0.0511. The summed E-state index contributed by atoms with van der Waals surface area (Å²) in [5.74, 6) is -0.498. The summed E-state index contributed by atoms with van der Waals surface area (Å²) in [7, 11) is 0. The predicted octanol–water partition coefficient (Wildman–Crippen LogP) is 3.97. The Morgan fingerprint density at radius 2 is 1.70 bits per heavy atom. The molecule has 6 heteroatoms. The Kier molecular flexibility index (Phi) is 4.06. The van der Waals surface area contributed by atoms with Crippen LogP contribution in [0.25, 0.3) is 0 Å². The van der Waals surface area contributed by atoms with E-state index in [1.807, 2.05) is 0 Å². The topological polar surface area (TPSA) is 69.6 Å². The second-order valence-electron chi connectivity index (χ2n) is 4.24. The molecule has 0 unspecified atom stereocenters. The summed E-state index contributed by atoms with van der Waals surface area (Å²) in [5, 5.41) is 21.5. The highest BCUT2D eigenvalue weighted by Crippen LogP contribution is 2.34. The zero-order valence-corrected chi connectivity index (χ0v) is 12.0. The largest absolute Gasteiger partial charge is 0.508 e. The van der Waals surface area contributed by atoms with E-state index in [1.54, 1.807) is 6.92 Å². The lowest BCUT2D eigenvalue weighted by atomic mass is 10.1. The van der Waals surface area contributed by atoms with Gasteiger partial charge in [-0.25, -0.2) is 0 Å². The molecule has 104 valence electrons. The zero-order valence-electron chi connectivity index (χ0n) is 10.4. The maximum absolute atomic E-state index is 12.1.